The number of rotatable bonds is 9. The number of carbonyl (C=O) groups excluding carboxylic acids is 1. The lowest BCUT2D eigenvalue weighted by Crippen LogP contribution is -2.32. The smallest absolute Gasteiger partial charge is 0.260 e. The molecule has 118 valence electrons. The van der Waals surface area contributed by atoms with Gasteiger partial charge in [-0.3, -0.25) is 4.79 Å². The first kappa shape index (κ1) is 17.3. The van der Waals surface area contributed by atoms with Crippen LogP contribution in [0.25, 0.3) is 0 Å². The number of pyridine rings is 1. The van der Waals surface area contributed by atoms with Gasteiger partial charge in [-0.2, -0.15) is 0 Å². The molecule has 1 aromatic rings. The number of hydrogen-bond acceptors (Lipinski definition) is 6. The number of hydrogen-bond donors (Lipinski definition) is 3. The zero-order valence-electron chi connectivity index (χ0n) is 12.0. The molecule has 0 aliphatic rings. The standard InChI is InChI=1S/C12H20N4O4S/c1-13-10-4-3-6-15-12(10)21(18,19)16-7-5-11(17)14-8-9-20-2/h3-4,6,13,16H,5,7-9H2,1-2H3,(H,14,17). The maximum absolute atomic E-state index is 12.1. The van der Waals surface area contributed by atoms with Crippen LogP contribution < -0.4 is 15.4 Å². The van der Waals surface area contributed by atoms with Crippen LogP contribution >= 0.6 is 0 Å². The Bertz CT molecular complexity index is 562. The fraction of sp³-hybridized carbons (Fsp3) is 0.500. The minimum Gasteiger partial charge on any atom is -0.386 e. The molecule has 0 saturated carbocycles. The molecule has 1 aromatic heterocycles. The molecule has 0 saturated heterocycles. The predicted octanol–water partition coefficient (Wildman–Crippen LogP) is -0.446. The van der Waals surface area contributed by atoms with Crippen LogP contribution in [0.5, 0.6) is 0 Å². The Labute approximate surface area is 124 Å². The lowest BCUT2D eigenvalue weighted by atomic mass is 10.4. The highest BCUT2D eigenvalue weighted by Gasteiger charge is 2.19. The quantitative estimate of drug-likeness (QED) is 0.533. The van der Waals surface area contributed by atoms with E-state index in [4.69, 9.17) is 4.74 Å². The average Bonchev–Trinajstić information content (AvgIpc) is 2.47. The molecule has 0 aliphatic carbocycles. The van der Waals surface area contributed by atoms with Gasteiger partial charge in [0.1, 0.15) is 0 Å². The highest BCUT2D eigenvalue weighted by atomic mass is 32.2. The summed E-state index contributed by atoms with van der Waals surface area (Å²) in [6.07, 6.45) is 1.44. The molecule has 3 N–H and O–H groups in total. The van der Waals surface area contributed by atoms with E-state index >= 15 is 0 Å². The van der Waals surface area contributed by atoms with Gasteiger partial charge in [0.25, 0.3) is 10.0 Å². The van der Waals surface area contributed by atoms with E-state index in [1.807, 2.05) is 0 Å². The van der Waals surface area contributed by atoms with Crippen molar-refractivity contribution < 1.29 is 17.9 Å². The van der Waals surface area contributed by atoms with Crippen LogP contribution in [-0.2, 0) is 19.6 Å². The molecule has 0 spiro atoms. The number of aromatic nitrogens is 1. The highest BCUT2D eigenvalue weighted by molar-refractivity contribution is 7.89. The van der Waals surface area contributed by atoms with Gasteiger partial charge in [-0.05, 0) is 12.1 Å². The third-order valence-electron chi connectivity index (χ3n) is 2.57. The van der Waals surface area contributed by atoms with Crippen molar-refractivity contribution in [2.24, 2.45) is 0 Å². The summed E-state index contributed by atoms with van der Waals surface area (Å²) in [5, 5.41) is 5.28. The Kier molecular flexibility index (Phi) is 7.06. The molecule has 21 heavy (non-hydrogen) atoms. The number of sulfonamides is 1. The first-order valence-electron chi connectivity index (χ1n) is 6.39. The van der Waals surface area contributed by atoms with E-state index < -0.39 is 10.0 Å². The number of amides is 1. The van der Waals surface area contributed by atoms with Crippen molar-refractivity contribution in [3.63, 3.8) is 0 Å². The highest BCUT2D eigenvalue weighted by Crippen LogP contribution is 2.16. The molecule has 0 bridgehead atoms. The lowest BCUT2D eigenvalue weighted by Gasteiger charge is -2.10. The van der Waals surface area contributed by atoms with Gasteiger partial charge in [0.05, 0.1) is 12.3 Å². The van der Waals surface area contributed by atoms with Crippen molar-refractivity contribution in [1.29, 1.82) is 0 Å². The van der Waals surface area contributed by atoms with Gasteiger partial charge in [0.15, 0.2) is 5.03 Å². The van der Waals surface area contributed by atoms with Crippen molar-refractivity contribution >= 4 is 21.6 Å². The second kappa shape index (κ2) is 8.55. The summed E-state index contributed by atoms with van der Waals surface area (Å²) in [4.78, 5) is 15.3. The Morgan fingerprint density at radius 1 is 1.38 bits per heavy atom. The summed E-state index contributed by atoms with van der Waals surface area (Å²) in [5.41, 5.74) is 0.398. The van der Waals surface area contributed by atoms with Crippen LogP contribution in [-0.4, -0.2) is 53.2 Å². The van der Waals surface area contributed by atoms with Crippen LogP contribution in [0, 0.1) is 0 Å². The number of nitrogens with one attached hydrogen (secondary N) is 3. The summed E-state index contributed by atoms with van der Waals surface area (Å²) < 4.78 is 31.3. The molecule has 0 aliphatic heterocycles. The summed E-state index contributed by atoms with van der Waals surface area (Å²) in [5.74, 6) is -0.246. The normalized spacial score (nSPS) is 11.1. The Morgan fingerprint density at radius 2 is 2.14 bits per heavy atom. The molecule has 1 rings (SSSR count). The fourth-order valence-electron chi connectivity index (χ4n) is 1.54. The molecule has 9 heteroatoms. The van der Waals surface area contributed by atoms with Crippen molar-refractivity contribution in [1.82, 2.24) is 15.0 Å². The minimum atomic E-state index is -3.75. The molecule has 0 atom stereocenters. The maximum atomic E-state index is 12.1. The maximum Gasteiger partial charge on any atom is 0.260 e. The van der Waals surface area contributed by atoms with E-state index in [2.05, 4.69) is 20.3 Å². The molecule has 0 unspecified atom stereocenters. The Hall–Kier alpha value is -1.71. The first-order valence-corrected chi connectivity index (χ1v) is 7.87. The third-order valence-corrected chi connectivity index (χ3v) is 3.99. The van der Waals surface area contributed by atoms with Gasteiger partial charge in [-0.1, -0.05) is 0 Å². The average molecular weight is 316 g/mol. The summed E-state index contributed by atoms with van der Waals surface area (Å²) in [6.45, 7) is 0.810. The summed E-state index contributed by atoms with van der Waals surface area (Å²) >= 11 is 0. The molecular weight excluding hydrogens is 296 g/mol. The van der Waals surface area contributed by atoms with Gasteiger partial charge < -0.3 is 15.4 Å². The predicted molar refractivity (Wildman–Crippen MR) is 78.5 cm³/mol. The zero-order valence-corrected chi connectivity index (χ0v) is 12.9. The summed E-state index contributed by atoms with van der Waals surface area (Å²) in [6, 6.07) is 3.24. The van der Waals surface area contributed by atoms with Crippen molar-refractivity contribution in [3.05, 3.63) is 18.3 Å². The van der Waals surface area contributed by atoms with Crippen molar-refractivity contribution in [2.45, 2.75) is 11.4 Å². The van der Waals surface area contributed by atoms with Crippen LogP contribution in [0.15, 0.2) is 23.4 Å². The second-order valence-corrected chi connectivity index (χ2v) is 5.78. The molecule has 1 heterocycles. The molecule has 0 aromatic carbocycles. The minimum absolute atomic E-state index is 0.000870. The van der Waals surface area contributed by atoms with Crippen LogP contribution in [0.2, 0.25) is 0 Å². The molecule has 1 amide bonds. The number of anilines is 1. The van der Waals surface area contributed by atoms with E-state index in [0.717, 1.165) is 0 Å². The van der Waals surface area contributed by atoms with Gasteiger partial charge in [0, 0.05) is 39.9 Å². The van der Waals surface area contributed by atoms with Crippen molar-refractivity contribution in [2.75, 3.05) is 39.2 Å². The number of nitrogens with zero attached hydrogens (tertiary/aromatic N) is 1. The molecule has 8 nitrogen and oxygen atoms in total. The topological polar surface area (TPSA) is 109 Å². The number of methoxy groups -OCH3 is 1. The van der Waals surface area contributed by atoms with E-state index in [-0.39, 0.29) is 23.9 Å². The van der Waals surface area contributed by atoms with E-state index in [1.54, 1.807) is 19.2 Å². The summed E-state index contributed by atoms with van der Waals surface area (Å²) in [7, 11) is -0.608. The Morgan fingerprint density at radius 3 is 2.81 bits per heavy atom. The lowest BCUT2D eigenvalue weighted by molar-refractivity contribution is -0.121. The van der Waals surface area contributed by atoms with Crippen LogP contribution in [0.1, 0.15) is 6.42 Å². The van der Waals surface area contributed by atoms with E-state index in [9.17, 15) is 13.2 Å². The van der Waals surface area contributed by atoms with Crippen molar-refractivity contribution in [3.8, 4) is 0 Å². The van der Waals surface area contributed by atoms with Gasteiger partial charge in [-0.15, -0.1) is 0 Å². The number of ether oxygens (including phenoxy) is 1. The van der Waals surface area contributed by atoms with Crippen LogP contribution in [0.4, 0.5) is 5.69 Å². The Balaban J connectivity index is 2.52. The van der Waals surface area contributed by atoms with Gasteiger partial charge in [-0.25, -0.2) is 18.1 Å². The van der Waals surface area contributed by atoms with E-state index in [0.29, 0.717) is 18.8 Å². The zero-order chi connectivity index (χ0) is 15.7. The molecule has 0 fully saturated rings. The van der Waals surface area contributed by atoms with Crippen LogP contribution in [0.3, 0.4) is 0 Å². The monoisotopic (exact) mass is 316 g/mol. The van der Waals surface area contributed by atoms with E-state index in [1.165, 1.54) is 13.3 Å². The molecular formula is C12H20N4O4S. The fourth-order valence-corrected chi connectivity index (χ4v) is 2.71. The van der Waals surface area contributed by atoms with Gasteiger partial charge in [0.2, 0.25) is 5.91 Å². The first-order chi connectivity index (χ1) is 10.0. The second-order valence-electron chi connectivity index (χ2n) is 4.10. The van der Waals surface area contributed by atoms with Gasteiger partial charge >= 0.3 is 0 Å². The largest absolute Gasteiger partial charge is 0.386 e. The number of carbonyl (C=O) groups is 1. The molecule has 0 radical (unpaired) electrons. The third kappa shape index (κ3) is 5.66. The SMILES string of the molecule is CNc1cccnc1S(=O)(=O)NCCC(=O)NCCOC.